The number of ether oxygens (including phenoxy) is 1. The second kappa shape index (κ2) is 64.4. The van der Waals surface area contributed by atoms with Gasteiger partial charge in [0.25, 0.3) is 7.82 Å². The van der Waals surface area contributed by atoms with Crippen LogP contribution in [0.5, 0.6) is 0 Å². The minimum atomic E-state index is -4.71. The first-order chi connectivity index (χ1) is 41.4. The van der Waals surface area contributed by atoms with Crippen molar-refractivity contribution in [2.24, 2.45) is 0 Å². The molecule has 3 atom stereocenters. The molecule has 1 amide bonds. The second-order valence-corrected chi connectivity index (χ2v) is 27.1. The standard InChI is InChI=1S/C75H139N2O7P/c1-7-10-13-16-19-22-25-28-30-32-34-35-36-37-38-39-40-41-43-44-46-49-52-55-58-61-64-67-74(78)76-72(71-83-85(80,81)82-70-69-77(4,5)6)73(66-63-60-57-54-51-48-27-24-21-18-15-12-9-3)84-75(79)68-65-62-59-56-53-50-47-45-42-33-31-29-26-23-20-17-14-11-8-2/h20,23,28-31,42,45,50,53,63,66,72-73H,7-19,21-22,24-27,32-41,43-44,46-49,51-52,54-62,64-65,67-71H2,1-6H3,(H-,76,78,80,81)/b23-20-,30-28+,31-29-,45-42-,53-50-,66-63-. The normalized spacial score (nSPS) is 13.9. The number of likely N-dealkylation sites (N-methyl/N-ethyl adjacent to an activating group) is 1. The van der Waals surface area contributed by atoms with Crippen LogP contribution in [-0.2, 0) is 27.9 Å². The highest BCUT2D eigenvalue weighted by molar-refractivity contribution is 7.45. The van der Waals surface area contributed by atoms with Crippen LogP contribution in [0.4, 0.5) is 0 Å². The van der Waals surface area contributed by atoms with Gasteiger partial charge in [-0.2, -0.15) is 0 Å². The summed E-state index contributed by atoms with van der Waals surface area (Å²) >= 11 is 0. The van der Waals surface area contributed by atoms with Crippen molar-refractivity contribution in [3.05, 3.63) is 72.9 Å². The Morgan fingerprint density at radius 3 is 1.12 bits per heavy atom. The van der Waals surface area contributed by atoms with Crippen molar-refractivity contribution in [3.63, 3.8) is 0 Å². The van der Waals surface area contributed by atoms with Gasteiger partial charge in [0.15, 0.2) is 0 Å². The maximum Gasteiger partial charge on any atom is 0.306 e. The zero-order valence-corrected chi connectivity index (χ0v) is 57.7. The molecule has 0 rings (SSSR count). The zero-order chi connectivity index (χ0) is 62.1. The number of esters is 1. The molecule has 0 aromatic heterocycles. The fraction of sp³-hybridized carbons (Fsp3) is 0.813. The summed E-state index contributed by atoms with van der Waals surface area (Å²) in [5.41, 5.74) is 0. The Morgan fingerprint density at radius 2 is 0.718 bits per heavy atom. The first kappa shape index (κ1) is 82.5. The Morgan fingerprint density at radius 1 is 0.412 bits per heavy atom. The number of hydrogen-bond donors (Lipinski definition) is 1. The molecule has 0 saturated heterocycles. The third-order valence-electron chi connectivity index (χ3n) is 16.1. The van der Waals surface area contributed by atoms with E-state index in [0.717, 1.165) is 77.0 Å². The van der Waals surface area contributed by atoms with Crippen LogP contribution in [0.2, 0.25) is 0 Å². The Hall–Kier alpha value is -2.55. The number of carbonyl (C=O) groups is 2. The predicted molar refractivity (Wildman–Crippen MR) is 367 cm³/mol. The minimum absolute atomic E-state index is 0.0284. The van der Waals surface area contributed by atoms with Crippen molar-refractivity contribution < 1.29 is 37.3 Å². The monoisotopic (exact) mass is 1210 g/mol. The van der Waals surface area contributed by atoms with E-state index in [1.54, 1.807) is 0 Å². The molecule has 496 valence electrons. The van der Waals surface area contributed by atoms with Gasteiger partial charge in [0.1, 0.15) is 19.3 Å². The van der Waals surface area contributed by atoms with Gasteiger partial charge in [0.05, 0.1) is 33.8 Å². The van der Waals surface area contributed by atoms with Gasteiger partial charge in [-0.15, -0.1) is 0 Å². The zero-order valence-electron chi connectivity index (χ0n) is 56.8. The van der Waals surface area contributed by atoms with Gasteiger partial charge in [0.2, 0.25) is 5.91 Å². The highest BCUT2D eigenvalue weighted by Gasteiger charge is 2.27. The largest absolute Gasteiger partial charge is 0.756 e. The van der Waals surface area contributed by atoms with E-state index in [-0.39, 0.29) is 24.9 Å². The molecule has 9 nitrogen and oxygen atoms in total. The molecule has 0 spiro atoms. The van der Waals surface area contributed by atoms with Crippen molar-refractivity contribution in [3.8, 4) is 0 Å². The summed E-state index contributed by atoms with van der Waals surface area (Å²) in [7, 11) is 1.17. The fourth-order valence-corrected chi connectivity index (χ4v) is 11.2. The van der Waals surface area contributed by atoms with Gasteiger partial charge in [-0.05, 0) is 102 Å². The van der Waals surface area contributed by atoms with E-state index in [1.165, 1.54) is 225 Å². The van der Waals surface area contributed by atoms with Crippen LogP contribution in [0.3, 0.4) is 0 Å². The van der Waals surface area contributed by atoms with Gasteiger partial charge < -0.3 is 28.5 Å². The van der Waals surface area contributed by atoms with E-state index in [1.807, 2.05) is 33.3 Å². The Bertz CT molecular complexity index is 1680. The number of nitrogens with zero attached hydrogens (tertiary/aromatic N) is 1. The summed E-state index contributed by atoms with van der Waals surface area (Å²) in [6.07, 6.45) is 84.6. The molecule has 0 saturated carbocycles. The number of carbonyl (C=O) groups excluding carboxylic acids is 2. The molecule has 10 heteroatoms. The molecule has 85 heavy (non-hydrogen) atoms. The number of unbranched alkanes of at least 4 members (excludes halogenated alkanes) is 40. The predicted octanol–water partition coefficient (Wildman–Crippen LogP) is 22.5. The van der Waals surface area contributed by atoms with E-state index in [0.29, 0.717) is 23.9 Å². The number of allylic oxidation sites excluding steroid dienone is 11. The van der Waals surface area contributed by atoms with Crippen LogP contribution in [-0.4, -0.2) is 69.4 Å². The first-order valence-corrected chi connectivity index (χ1v) is 37.7. The molecule has 3 unspecified atom stereocenters. The van der Waals surface area contributed by atoms with E-state index in [2.05, 4.69) is 86.8 Å². The van der Waals surface area contributed by atoms with E-state index >= 15 is 0 Å². The molecule has 1 N–H and O–H groups in total. The molecule has 0 aliphatic carbocycles. The van der Waals surface area contributed by atoms with Gasteiger partial charge in [-0.3, -0.25) is 14.2 Å². The maximum absolute atomic E-state index is 13.6. The summed E-state index contributed by atoms with van der Waals surface area (Å²) in [6.45, 7) is 6.83. The Balaban J connectivity index is 5.08. The maximum atomic E-state index is 13.6. The van der Waals surface area contributed by atoms with Crippen LogP contribution < -0.4 is 10.2 Å². The molecule has 0 heterocycles. The van der Waals surface area contributed by atoms with Crippen molar-refractivity contribution >= 4 is 19.7 Å². The molecule has 0 radical (unpaired) electrons. The fourth-order valence-electron chi connectivity index (χ4n) is 10.5. The molecule has 0 bridgehead atoms. The molecule has 0 aliphatic heterocycles. The van der Waals surface area contributed by atoms with Crippen LogP contribution in [0, 0.1) is 0 Å². The van der Waals surface area contributed by atoms with Crippen LogP contribution in [0.1, 0.15) is 342 Å². The lowest BCUT2D eigenvalue weighted by Gasteiger charge is -2.30. The highest BCUT2D eigenvalue weighted by Crippen LogP contribution is 2.38. The number of amides is 1. The molecule has 0 fully saturated rings. The SMILES string of the molecule is CCCCC/C=C\C/C=C\C/C=C\C/C=C\CCCCCC(=O)OC(/C=C\CCCCCCCCCCCCC)C(COP(=O)([O-])OCC[N+](C)(C)C)NC(=O)CCCCCCCCCCCCCCCCCCC/C=C/CCCCCCCC. The molecule has 0 aliphatic rings. The lowest BCUT2D eigenvalue weighted by Crippen LogP contribution is -2.47. The first-order valence-electron chi connectivity index (χ1n) is 36.2. The highest BCUT2D eigenvalue weighted by atomic mass is 31.2. The van der Waals surface area contributed by atoms with Crippen LogP contribution in [0.15, 0.2) is 72.9 Å². The van der Waals surface area contributed by atoms with Crippen molar-refractivity contribution in [1.29, 1.82) is 0 Å². The topological polar surface area (TPSA) is 114 Å². The van der Waals surface area contributed by atoms with E-state index in [4.69, 9.17) is 13.8 Å². The molecule has 0 aromatic carbocycles. The third kappa shape index (κ3) is 65.7. The van der Waals surface area contributed by atoms with E-state index in [9.17, 15) is 19.0 Å². The van der Waals surface area contributed by atoms with E-state index < -0.39 is 26.6 Å². The quantitative estimate of drug-likeness (QED) is 0.0212. The average molecular weight is 1210 g/mol. The molecule has 0 aromatic rings. The summed E-state index contributed by atoms with van der Waals surface area (Å²) < 4.78 is 30.4. The van der Waals surface area contributed by atoms with Crippen molar-refractivity contribution in [2.45, 2.75) is 354 Å². The summed E-state index contributed by atoms with van der Waals surface area (Å²) in [6, 6.07) is -0.904. The molecular formula is C75H139N2O7P. The van der Waals surface area contributed by atoms with Gasteiger partial charge in [-0.25, -0.2) is 0 Å². The second-order valence-electron chi connectivity index (χ2n) is 25.7. The number of phosphoric acid groups is 1. The lowest BCUT2D eigenvalue weighted by atomic mass is 10.0. The third-order valence-corrected chi connectivity index (χ3v) is 17.1. The smallest absolute Gasteiger partial charge is 0.306 e. The molecular weight excluding hydrogens is 1070 g/mol. The number of quaternary nitrogens is 1. The summed E-state index contributed by atoms with van der Waals surface area (Å²) in [5, 5.41) is 3.04. The number of nitrogens with one attached hydrogen (secondary N) is 1. The minimum Gasteiger partial charge on any atom is -0.756 e. The van der Waals surface area contributed by atoms with Gasteiger partial charge in [0, 0.05) is 12.8 Å². The Kier molecular flexibility index (Phi) is 62.5. The Labute approximate surface area is 527 Å². The van der Waals surface area contributed by atoms with Gasteiger partial charge in [-0.1, -0.05) is 299 Å². The van der Waals surface area contributed by atoms with Crippen LogP contribution in [0.25, 0.3) is 0 Å². The number of phosphoric ester groups is 1. The number of hydrogen-bond acceptors (Lipinski definition) is 7. The summed E-state index contributed by atoms with van der Waals surface area (Å²) in [4.78, 5) is 40.2. The average Bonchev–Trinajstić information content (AvgIpc) is 3.50. The van der Waals surface area contributed by atoms with Crippen molar-refractivity contribution in [2.75, 3.05) is 40.9 Å². The summed E-state index contributed by atoms with van der Waals surface area (Å²) in [5.74, 6) is -0.566. The van der Waals surface area contributed by atoms with Crippen molar-refractivity contribution in [1.82, 2.24) is 5.32 Å². The number of rotatable bonds is 66. The van der Waals surface area contributed by atoms with Gasteiger partial charge >= 0.3 is 5.97 Å². The van der Waals surface area contributed by atoms with Crippen LogP contribution >= 0.6 is 7.82 Å². The lowest BCUT2D eigenvalue weighted by molar-refractivity contribution is -0.870.